The Morgan fingerprint density at radius 1 is 1.21 bits per heavy atom. The van der Waals surface area contributed by atoms with E-state index < -0.39 is 0 Å². The Kier molecular flexibility index (Phi) is 3.21. The van der Waals surface area contributed by atoms with Gasteiger partial charge in [-0.1, -0.05) is 12.1 Å². The number of aromatic nitrogens is 3. The van der Waals surface area contributed by atoms with Crippen molar-refractivity contribution < 1.29 is 4.74 Å². The van der Waals surface area contributed by atoms with E-state index in [2.05, 4.69) is 52.1 Å². The molecule has 0 amide bonds. The zero-order valence-electron chi connectivity index (χ0n) is 11.3. The van der Waals surface area contributed by atoms with Crippen LogP contribution < -0.4 is 5.32 Å². The van der Waals surface area contributed by atoms with Gasteiger partial charge in [-0.3, -0.25) is 4.57 Å². The van der Waals surface area contributed by atoms with Gasteiger partial charge in [0.2, 0.25) is 5.95 Å². The molecule has 0 saturated heterocycles. The van der Waals surface area contributed by atoms with Crippen LogP contribution in [0.4, 0.5) is 5.95 Å². The molecular formula is C14H18N4O. The molecule has 100 valence electrons. The summed E-state index contributed by atoms with van der Waals surface area (Å²) >= 11 is 0. The smallest absolute Gasteiger partial charge is 0.224 e. The van der Waals surface area contributed by atoms with Gasteiger partial charge in [-0.25, -0.2) is 0 Å². The molecule has 0 fully saturated rings. The van der Waals surface area contributed by atoms with E-state index in [0.717, 1.165) is 37.0 Å². The highest BCUT2D eigenvalue weighted by Gasteiger charge is 2.16. The SMILES string of the molecule is CCNc1nnc(-c2ccc3c(c2)COC3)n1CC. The van der Waals surface area contributed by atoms with Crippen LogP contribution in [0.1, 0.15) is 25.0 Å². The lowest BCUT2D eigenvalue weighted by Gasteiger charge is -2.08. The quantitative estimate of drug-likeness (QED) is 0.915. The van der Waals surface area contributed by atoms with Crippen LogP contribution >= 0.6 is 0 Å². The molecule has 2 heterocycles. The molecule has 1 N–H and O–H groups in total. The van der Waals surface area contributed by atoms with Gasteiger partial charge >= 0.3 is 0 Å². The molecule has 0 aliphatic carbocycles. The lowest BCUT2D eigenvalue weighted by atomic mass is 10.1. The lowest BCUT2D eigenvalue weighted by molar-refractivity contribution is 0.134. The first kappa shape index (κ1) is 12.2. The van der Waals surface area contributed by atoms with Crippen molar-refractivity contribution in [1.82, 2.24) is 14.8 Å². The molecule has 0 spiro atoms. The number of fused-ring (bicyclic) bond motifs is 1. The summed E-state index contributed by atoms with van der Waals surface area (Å²) in [6.45, 7) is 7.27. The number of ether oxygens (including phenoxy) is 1. The monoisotopic (exact) mass is 258 g/mol. The van der Waals surface area contributed by atoms with E-state index in [4.69, 9.17) is 4.74 Å². The average molecular weight is 258 g/mol. The Labute approximate surface area is 112 Å². The van der Waals surface area contributed by atoms with Crippen LogP contribution in [-0.2, 0) is 24.5 Å². The fourth-order valence-corrected chi connectivity index (χ4v) is 2.42. The lowest BCUT2D eigenvalue weighted by Crippen LogP contribution is -2.07. The Balaban J connectivity index is 2.02. The summed E-state index contributed by atoms with van der Waals surface area (Å²) in [5, 5.41) is 11.8. The first-order chi connectivity index (χ1) is 9.33. The maximum Gasteiger partial charge on any atom is 0.224 e. The number of benzene rings is 1. The molecule has 1 aromatic carbocycles. The third-order valence-corrected chi connectivity index (χ3v) is 3.38. The van der Waals surface area contributed by atoms with Gasteiger partial charge in [-0.05, 0) is 31.0 Å². The van der Waals surface area contributed by atoms with Crippen LogP contribution in [0.15, 0.2) is 18.2 Å². The molecule has 2 aromatic rings. The van der Waals surface area contributed by atoms with Crippen LogP contribution in [0, 0.1) is 0 Å². The second kappa shape index (κ2) is 5.01. The van der Waals surface area contributed by atoms with Crippen molar-refractivity contribution in [2.24, 2.45) is 0 Å². The minimum Gasteiger partial charge on any atom is -0.372 e. The van der Waals surface area contributed by atoms with Crippen LogP contribution in [0.25, 0.3) is 11.4 Å². The highest BCUT2D eigenvalue weighted by atomic mass is 16.5. The molecular weight excluding hydrogens is 240 g/mol. The molecule has 0 atom stereocenters. The predicted molar refractivity (Wildman–Crippen MR) is 73.8 cm³/mol. The molecule has 1 aromatic heterocycles. The van der Waals surface area contributed by atoms with Gasteiger partial charge < -0.3 is 10.1 Å². The maximum absolute atomic E-state index is 5.45. The zero-order valence-corrected chi connectivity index (χ0v) is 11.3. The molecule has 0 unspecified atom stereocenters. The van der Waals surface area contributed by atoms with Crippen molar-refractivity contribution in [3.05, 3.63) is 29.3 Å². The van der Waals surface area contributed by atoms with Gasteiger partial charge in [0.1, 0.15) is 0 Å². The maximum atomic E-state index is 5.45. The summed E-state index contributed by atoms with van der Waals surface area (Å²) in [6.07, 6.45) is 0. The van der Waals surface area contributed by atoms with Gasteiger partial charge in [0.25, 0.3) is 0 Å². The number of rotatable bonds is 4. The van der Waals surface area contributed by atoms with Crippen molar-refractivity contribution >= 4 is 5.95 Å². The zero-order chi connectivity index (χ0) is 13.2. The summed E-state index contributed by atoms with van der Waals surface area (Å²) in [5.41, 5.74) is 3.63. The molecule has 5 nitrogen and oxygen atoms in total. The van der Waals surface area contributed by atoms with E-state index in [-0.39, 0.29) is 0 Å². The highest BCUT2D eigenvalue weighted by Crippen LogP contribution is 2.27. The standard InChI is InChI=1S/C14H18N4O/c1-3-15-14-17-16-13(18(14)4-2)10-5-6-11-8-19-9-12(11)7-10/h5-7H,3-4,8-9H2,1-2H3,(H,15,17). The van der Waals surface area contributed by atoms with E-state index in [1.807, 2.05) is 0 Å². The van der Waals surface area contributed by atoms with Crippen LogP contribution in [0.2, 0.25) is 0 Å². The summed E-state index contributed by atoms with van der Waals surface area (Å²) in [6, 6.07) is 6.38. The number of nitrogens with zero attached hydrogens (tertiary/aromatic N) is 3. The van der Waals surface area contributed by atoms with Crippen LogP contribution in [0.3, 0.4) is 0 Å². The molecule has 0 saturated carbocycles. The van der Waals surface area contributed by atoms with E-state index in [1.165, 1.54) is 11.1 Å². The molecule has 3 rings (SSSR count). The van der Waals surface area contributed by atoms with Gasteiger partial charge in [-0.2, -0.15) is 0 Å². The van der Waals surface area contributed by atoms with Crippen molar-refractivity contribution in [3.63, 3.8) is 0 Å². The van der Waals surface area contributed by atoms with Gasteiger partial charge in [0.15, 0.2) is 5.82 Å². The number of hydrogen-bond acceptors (Lipinski definition) is 4. The Morgan fingerprint density at radius 3 is 2.84 bits per heavy atom. The summed E-state index contributed by atoms with van der Waals surface area (Å²) in [5.74, 6) is 1.74. The van der Waals surface area contributed by atoms with Gasteiger partial charge in [0, 0.05) is 18.7 Å². The molecule has 0 bridgehead atoms. The third kappa shape index (κ3) is 2.10. The molecule has 0 radical (unpaired) electrons. The second-order valence-electron chi connectivity index (χ2n) is 4.60. The first-order valence-electron chi connectivity index (χ1n) is 6.70. The molecule has 19 heavy (non-hydrogen) atoms. The van der Waals surface area contributed by atoms with E-state index >= 15 is 0 Å². The molecule has 5 heteroatoms. The minimum absolute atomic E-state index is 0.698. The second-order valence-corrected chi connectivity index (χ2v) is 4.60. The largest absolute Gasteiger partial charge is 0.372 e. The van der Waals surface area contributed by atoms with Crippen molar-refractivity contribution in [3.8, 4) is 11.4 Å². The van der Waals surface area contributed by atoms with Crippen LogP contribution in [0.5, 0.6) is 0 Å². The Morgan fingerprint density at radius 2 is 2.05 bits per heavy atom. The predicted octanol–water partition coefficient (Wildman–Crippen LogP) is 2.43. The highest BCUT2D eigenvalue weighted by molar-refractivity contribution is 5.60. The summed E-state index contributed by atoms with van der Waals surface area (Å²) in [4.78, 5) is 0. The first-order valence-corrected chi connectivity index (χ1v) is 6.70. The van der Waals surface area contributed by atoms with Crippen molar-refractivity contribution in [1.29, 1.82) is 0 Å². The summed E-state index contributed by atoms with van der Waals surface area (Å²) < 4.78 is 7.55. The van der Waals surface area contributed by atoms with Crippen molar-refractivity contribution in [2.75, 3.05) is 11.9 Å². The Bertz CT molecular complexity index is 591. The third-order valence-electron chi connectivity index (χ3n) is 3.38. The topological polar surface area (TPSA) is 52.0 Å². The summed E-state index contributed by atoms with van der Waals surface area (Å²) in [7, 11) is 0. The fraction of sp³-hybridized carbons (Fsp3) is 0.429. The minimum atomic E-state index is 0.698. The molecule has 1 aliphatic heterocycles. The normalized spacial score (nSPS) is 13.6. The molecule has 1 aliphatic rings. The van der Waals surface area contributed by atoms with Gasteiger partial charge in [-0.15, -0.1) is 10.2 Å². The van der Waals surface area contributed by atoms with Gasteiger partial charge in [0.05, 0.1) is 13.2 Å². The van der Waals surface area contributed by atoms with E-state index in [9.17, 15) is 0 Å². The number of anilines is 1. The number of nitrogens with one attached hydrogen (secondary N) is 1. The van der Waals surface area contributed by atoms with Crippen LogP contribution in [-0.4, -0.2) is 21.3 Å². The van der Waals surface area contributed by atoms with Crippen molar-refractivity contribution in [2.45, 2.75) is 33.6 Å². The fourth-order valence-electron chi connectivity index (χ4n) is 2.42. The average Bonchev–Trinajstić information content (AvgIpc) is 3.04. The Hall–Kier alpha value is -1.88. The van der Waals surface area contributed by atoms with E-state index in [0.29, 0.717) is 6.61 Å². The van der Waals surface area contributed by atoms with E-state index in [1.54, 1.807) is 0 Å². The number of hydrogen-bond donors (Lipinski definition) is 1.